The quantitative estimate of drug-likeness (QED) is 0.431. The number of pyridine rings is 1. The Balaban J connectivity index is 2.10. The maximum absolute atomic E-state index is 12.6. The van der Waals surface area contributed by atoms with Crippen molar-refractivity contribution in [2.75, 3.05) is 13.7 Å². The molecule has 1 aromatic carbocycles. The Labute approximate surface area is 182 Å². The molecule has 31 heavy (non-hydrogen) atoms. The van der Waals surface area contributed by atoms with Gasteiger partial charge in [0.2, 0.25) is 0 Å². The molecule has 2 aromatic heterocycles. The van der Waals surface area contributed by atoms with Crippen LogP contribution in [0.4, 0.5) is 0 Å². The summed E-state index contributed by atoms with van der Waals surface area (Å²) in [5, 5.41) is 2.05. The third kappa shape index (κ3) is 4.89. The van der Waals surface area contributed by atoms with Crippen LogP contribution in [0.25, 0.3) is 22.9 Å². The number of methoxy groups -OCH3 is 1. The van der Waals surface area contributed by atoms with Gasteiger partial charge in [-0.3, -0.25) is 9.59 Å². The average Bonchev–Trinajstić information content (AvgIpc) is 3.21. The molecule has 3 aromatic rings. The van der Waals surface area contributed by atoms with E-state index in [9.17, 15) is 14.4 Å². The third-order valence-corrected chi connectivity index (χ3v) is 5.22. The first-order chi connectivity index (χ1) is 14.8. The lowest BCUT2D eigenvalue weighted by Crippen LogP contribution is -2.25. The summed E-state index contributed by atoms with van der Waals surface area (Å²) in [6.45, 7) is 3.61. The van der Waals surface area contributed by atoms with Crippen LogP contribution in [0.2, 0.25) is 0 Å². The zero-order chi connectivity index (χ0) is 22.5. The van der Waals surface area contributed by atoms with Gasteiger partial charge in [0.25, 0.3) is 11.5 Å². The number of carbonyl (C=O) groups is 2. The van der Waals surface area contributed by atoms with E-state index in [2.05, 4.69) is 9.97 Å². The van der Waals surface area contributed by atoms with Crippen molar-refractivity contribution >= 4 is 34.9 Å². The van der Waals surface area contributed by atoms with E-state index in [1.54, 1.807) is 62.7 Å². The van der Waals surface area contributed by atoms with Gasteiger partial charge in [0.05, 0.1) is 25.0 Å². The second kappa shape index (κ2) is 9.40. The number of nitrogens with zero attached hydrogens (tertiary/aromatic N) is 1. The second-order valence-electron chi connectivity index (χ2n) is 6.52. The topological polar surface area (TPSA) is 124 Å². The first kappa shape index (κ1) is 22.0. The van der Waals surface area contributed by atoms with Crippen molar-refractivity contribution in [3.8, 4) is 17.0 Å². The number of rotatable bonds is 7. The van der Waals surface area contributed by atoms with E-state index < -0.39 is 17.4 Å². The van der Waals surface area contributed by atoms with Gasteiger partial charge in [0.1, 0.15) is 16.3 Å². The van der Waals surface area contributed by atoms with Crippen LogP contribution < -0.4 is 16.0 Å². The molecule has 160 valence electrons. The van der Waals surface area contributed by atoms with E-state index in [0.29, 0.717) is 27.7 Å². The number of nitrogens with one attached hydrogen (secondary N) is 1. The number of amides is 1. The number of hydrogen-bond acceptors (Lipinski definition) is 7. The van der Waals surface area contributed by atoms with E-state index in [-0.39, 0.29) is 17.7 Å². The van der Waals surface area contributed by atoms with Crippen molar-refractivity contribution in [1.29, 1.82) is 0 Å². The van der Waals surface area contributed by atoms with Gasteiger partial charge in [0.15, 0.2) is 0 Å². The number of thiazole rings is 1. The number of aryl methyl sites for hydroxylation is 1. The minimum atomic E-state index is -0.856. The van der Waals surface area contributed by atoms with Crippen molar-refractivity contribution in [2.45, 2.75) is 13.8 Å². The van der Waals surface area contributed by atoms with Gasteiger partial charge in [-0.1, -0.05) is 12.1 Å². The number of hydrogen-bond donors (Lipinski definition) is 2. The number of esters is 1. The standard InChI is InChI=1S/C22H21N3O5S/c1-4-30-22(28)16(10-13-5-7-14(29-3)8-6-13)21-25-17(11-31-21)15-9-12(2)24-20(27)18(15)19(23)26/h5-11H,4H2,1-3H3,(H2,23,26)(H,24,27). The summed E-state index contributed by atoms with van der Waals surface area (Å²) in [6, 6.07) is 8.79. The summed E-state index contributed by atoms with van der Waals surface area (Å²) < 4.78 is 10.4. The van der Waals surface area contributed by atoms with Crippen LogP contribution in [-0.2, 0) is 9.53 Å². The monoisotopic (exact) mass is 439 g/mol. The predicted molar refractivity (Wildman–Crippen MR) is 119 cm³/mol. The number of primary amides is 1. The van der Waals surface area contributed by atoms with Crippen LogP contribution in [-0.4, -0.2) is 35.6 Å². The van der Waals surface area contributed by atoms with Gasteiger partial charge in [-0.2, -0.15) is 0 Å². The van der Waals surface area contributed by atoms with Crippen LogP contribution in [0.3, 0.4) is 0 Å². The molecule has 0 atom stereocenters. The van der Waals surface area contributed by atoms with E-state index >= 15 is 0 Å². The molecule has 0 aliphatic rings. The molecular formula is C22H21N3O5S. The second-order valence-corrected chi connectivity index (χ2v) is 7.38. The van der Waals surface area contributed by atoms with Crippen molar-refractivity contribution in [3.63, 3.8) is 0 Å². The number of H-pyrrole nitrogens is 1. The molecule has 1 amide bonds. The third-order valence-electron chi connectivity index (χ3n) is 4.35. The summed E-state index contributed by atoms with van der Waals surface area (Å²) in [5.41, 5.74) is 6.88. The maximum atomic E-state index is 12.6. The highest BCUT2D eigenvalue weighted by atomic mass is 32.1. The molecule has 3 rings (SSSR count). The van der Waals surface area contributed by atoms with Gasteiger partial charge in [-0.15, -0.1) is 11.3 Å². The highest BCUT2D eigenvalue weighted by molar-refractivity contribution is 7.11. The van der Waals surface area contributed by atoms with Crippen LogP contribution in [0, 0.1) is 6.92 Å². The van der Waals surface area contributed by atoms with E-state index in [1.807, 2.05) is 0 Å². The molecule has 0 unspecified atom stereocenters. The van der Waals surface area contributed by atoms with Gasteiger partial charge in [-0.25, -0.2) is 9.78 Å². The van der Waals surface area contributed by atoms with Crippen molar-refractivity contribution in [1.82, 2.24) is 9.97 Å². The molecule has 0 aliphatic heterocycles. The van der Waals surface area contributed by atoms with E-state index in [4.69, 9.17) is 15.2 Å². The summed E-state index contributed by atoms with van der Waals surface area (Å²) >= 11 is 1.20. The lowest BCUT2D eigenvalue weighted by atomic mass is 10.1. The molecule has 9 heteroatoms. The molecule has 0 saturated carbocycles. The fourth-order valence-corrected chi connectivity index (χ4v) is 3.76. The lowest BCUT2D eigenvalue weighted by molar-refractivity contribution is -0.136. The molecule has 0 bridgehead atoms. The summed E-state index contributed by atoms with van der Waals surface area (Å²) in [6.07, 6.45) is 1.66. The summed E-state index contributed by atoms with van der Waals surface area (Å²) in [5.74, 6) is -0.698. The number of ether oxygens (including phenoxy) is 2. The molecular weight excluding hydrogens is 418 g/mol. The molecule has 2 heterocycles. The van der Waals surface area contributed by atoms with Gasteiger partial charge in [0, 0.05) is 16.6 Å². The fraction of sp³-hybridized carbons (Fsp3) is 0.182. The van der Waals surface area contributed by atoms with Crippen LogP contribution in [0.15, 0.2) is 40.5 Å². The maximum Gasteiger partial charge on any atom is 0.341 e. The number of nitrogens with two attached hydrogens (primary N) is 1. The van der Waals surface area contributed by atoms with Crippen LogP contribution in [0.5, 0.6) is 5.75 Å². The first-order valence-electron chi connectivity index (χ1n) is 9.37. The van der Waals surface area contributed by atoms with Gasteiger partial charge >= 0.3 is 5.97 Å². The molecule has 3 N–H and O–H groups in total. The fourth-order valence-electron chi connectivity index (χ4n) is 2.94. The molecule has 0 radical (unpaired) electrons. The Kier molecular flexibility index (Phi) is 6.66. The largest absolute Gasteiger partial charge is 0.497 e. The zero-order valence-corrected chi connectivity index (χ0v) is 18.0. The minimum Gasteiger partial charge on any atom is -0.497 e. The number of carbonyl (C=O) groups excluding carboxylic acids is 2. The van der Waals surface area contributed by atoms with E-state index in [1.165, 1.54) is 11.3 Å². The predicted octanol–water partition coefficient (Wildman–Crippen LogP) is 3.02. The molecule has 8 nitrogen and oxygen atoms in total. The Bertz CT molecular complexity index is 1210. The normalized spacial score (nSPS) is 11.3. The molecule has 0 aliphatic carbocycles. The zero-order valence-electron chi connectivity index (χ0n) is 17.2. The van der Waals surface area contributed by atoms with Crippen LogP contribution >= 0.6 is 11.3 Å². The van der Waals surface area contributed by atoms with E-state index in [0.717, 1.165) is 5.56 Å². The van der Waals surface area contributed by atoms with Gasteiger partial charge in [-0.05, 0) is 43.7 Å². The first-order valence-corrected chi connectivity index (χ1v) is 10.2. The number of aromatic nitrogens is 2. The molecule has 0 saturated heterocycles. The summed E-state index contributed by atoms with van der Waals surface area (Å²) in [4.78, 5) is 43.8. The average molecular weight is 439 g/mol. The molecule has 0 spiro atoms. The Morgan fingerprint density at radius 3 is 2.58 bits per heavy atom. The Hall–Kier alpha value is -3.72. The van der Waals surface area contributed by atoms with Crippen molar-refractivity contribution in [3.05, 3.63) is 67.9 Å². The minimum absolute atomic E-state index is 0.181. The smallest absolute Gasteiger partial charge is 0.341 e. The number of benzene rings is 1. The Morgan fingerprint density at radius 1 is 1.26 bits per heavy atom. The number of aromatic amines is 1. The lowest BCUT2D eigenvalue weighted by Gasteiger charge is -2.06. The van der Waals surface area contributed by atoms with Gasteiger partial charge < -0.3 is 20.2 Å². The van der Waals surface area contributed by atoms with Crippen LogP contribution in [0.1, 0.15) is 33.5 Å². The van der Waals surface area contributed by atoms with Crippen molar-refractivity contribution in [2.24, 2.45) is 5.73 Å². The van der Waals surface area contributed by atoms with Crippen molar-refractivity contribution < 1.29 is 19.1 Å². The Morgan fingerprint density at radius 2 is 1.97 bits per heavy atom. The highest BCUT2D eigenvalue weighted by Gasteiger charge is 2.21. The molecule has 0 fully saturated rings. The highest BCUT2D eigenvalue weighted by Crippen LogP contribution is 2.30. The SMILES string of the molecule is CCOC(=O)C(=Cc1ccc(OC)cc1)c1nc(-c2cc(C)[nH]c(=O)c2C(N)=O)cs1. The summed E-state index contributed by atoms with van der Waals surface area (Å²) in [7, 11) is 1.57.